The second kappa shape index (κ2) is 11.2. The van der Waals surface area contributed by atoms with Crippen molar-refractivity contribution in [3.8, 4) is 0 Å². The second-order valence-corrected chi connectivity index (χ2v) is 14.0. The van der Waals surface area contributed by atoms with Crippen LogP contribution in [0.3, 0.4) is 0 Å². The SMILES string of the molecule is CC(C)(C)C(=O)N[C@@H](CCN1CCC2(CC1)CCN(Cc1ccc(S(C)(=O)=O)cc1)C2=O)c1ccccc1. The number of amides is 2. The van der Waals surface area contributed by atoms with Crippen molar-refractivity contribution in [3.05, 3.63) is 65.7 Å². The quantitative estimate of drug-likeness (QED) is 0.543. The summed E-state index contributed by atoms with van der Waals surface area (Å²) < 4.78 is 23.5. The Labute approximate surface area is 227 Å². The second-order valence-electron chi connectivity index (χ2n) is 12.0. The Kier molecular flexibility index (Phi) is 8.33. The smallest absolute Gasteiger partial charge is 0.229 e. The van der Waals surface area contributed by atoms with E-state index in [0.29, 0.717) is 11.4 Å². The summed E-state index contributed by atoms with van der Waals surface area (Å²) in [5.41, 5.74) is 1.33. The summed E-state index contributed by atoms with van der Waals surface area (Å²) >= 11 is 0. The molecule has 1 atom stereocenters. The Morgan fingerprint density at radius 2 is 1.58 bits per heavy atom. The van der Waals surface area contributed by atoms with E-state index in [9.17, 15) is 18.0 Å². The molecule has 0 saturated carbocycles. The van der Waals surface area contributed by atoms with Gasteiger partial charge in [0.2, 0.25) is 11.8 Å². The van der Waals surface area contributed by atoms with Gasteiger partial charge in [-0.3, -0.25) is 9.59 Å². The molecule has 0 radical (unpaired) electrons. The van der Waals surface area contributed by atoms with E-state index < -0.39 is 15.3 Å². The van der Waals surface area contributed by atoms with Gasteiger partial charge in [-0.1, -0.05) is 63.2 Å². The molecule has 2 amide bonds. The van der Waals surface area contributed by atoms with E-state index in [0.717, 1.165) is 63.0 Å². The molecule has 1 spiro atoms. The third-order valence-corrected chi connectivity index (χ3v) is 9.19. The van der Waals surface area contributed by atoms with Crippen LogP contribution in [-0.2, 0) is 26.0 Å². The van der Waals surface area contributed by atoms with Crippen LogP contribution >= 0.6 is 0 Å². The van der Waals surface area contributed by atoms with E-state index in [4.69, 9.17) is 0 Å². The first-order valence-electron chi connectivity index (χ1n) is 13.5. The molecule has 2 aliphatic heterocycles. The van der Waals surface area contributed by atoms with Gasteiger partial charge in [-0.2, -0.15) is 0 Å². The minimum absolute atomic E-state index is 0.0449. The first-order valence-corrected chi connectivity index (χ1v) is 15.4. The van der Waals surface area contributed by atoms with Crippen LogP contribution in [0.1, 0.15) is 63.6 Å². The third-order valence-electron chi connectivity index (χ3n) is 8.06. The van der Waals surface area contributed by atoms with Gasteiger partial charge >= 0.3 is 0 Å². The maximum absolute atomic E-state index is 13.4. The lowest BCUT2D eigenvalue weighted by Crippen LogP contribution is -2.45. The van der Waals surface area contributed by atoms with Crippen molar-refractivity contribution in [2.24, 2.45) is 10.8 Å². The van der Waals surface area contributed by atoms with Crippen LogP contribution in [-0.4, -0.2) is 62.5 Å². The van der Waals surface area contributed by atoms with Crippen molar-refractivity contribution in [2.45, 2.75) is 63.9 Å². The van der Waals surface area contributed by atoms with Crippen LogP contribution in [0.15, 0.2) is 59.5 Å². The number of hydrogen-bond acceptors (Lipinski definition) is 5. The summed E-state index contributed by atoms with van der Waals surface area (Å²) in [6.07, 6.45) is 4.59. The lowest BCUT2D eigenvalue weighted by Gasteiger charge is -2.38. The molecule has 2 heterocycles. The van der Waals surface area contributed by atoms with Crippen molar-refractivity contribution in [3.63, 3.8) is 0 Å². The molecule has 206 valence electrons. The standard InChI is InChI=1S/C30H41N3O4S/c1-29(2,3)27(34)31-26(24-8-6-5-7-9-24)14-18-32-19-15-30(16-20-32)17-21-33(28(30)35)22-23-10-12-25(13-11-23)38(4,36)37/h5-13,26H,14-22H2,1-4H3,(H,31,34)/t26-/m0/s1. The van der Waals surface area contributed by atoms with Gasteiger partial charge in [0.05, 0.1) is 16.4 Å². The van der Waals surface area contributed by atoms with Gasteiger partial charge in [0.15, 0.2) is 9.84 Å². The number of hydrogen-bond donors (Lipinski definition) is 1. The number of benzene rings is 2. The zero-order chi connectivity index (χ0) is 27.6. The summed E-state index contributed by atoms with van der Waals surface area (Å²) in [5, 5.41) is 3.25. The number of piperidine rings is 1. The summed E-state index contributed by atoms with van der Waals surface area (Å²) in [7, 11) is -3.23. The molecule has 0 unspecified atom stereocenters. The number of nitrogens with one attached hydrogen (secondary N) is 1. The highest BCUT2D eigenvalue weighted by atomic mass is 32.2. The van der Waals surface area contributed by atoms with Crippen LogP contribution in [0.25, 0.3) is 0 Å². The highest BCUT2D eigenvalue weighted by Gasteiger charge is 2.47. The van der Waals surface area contributed by atoms with Gasteiger partial charge < -0.3 is 15.1 Å². The van der Waals surface area contributed by atoms with E-state index in [-0.39, 0.29) is 23.3 Å². The number of sulfone groups is 1. The van der Waals surface area contributed by atoms with Gasteiger partial charge in [0.1, 0.15) is 0 Å². The molecule has 2 aromatic rings. The lowest BCUT2D eigenvalue weighted by atomic mass is 9.77. The average Bonchev–Trinajstić information content (AvgIpc) is 3.17. The van der Waals surface area contributed by atoms with Crippen molar-refractivity contribution >= 4 is 21.7 Å². The van der Waals surface area contributed by atoms with Crippen LogP contribution in [0.5, 0.6) is 0 Å². The molecule has 0 aliphatic carbocycles. The predicted molar refractivity (Wildman–Crippen MR) is 149 cm³/mol. The molecule has 2 fully saturated rings. The molecule has 0 bridgehead atoms. The zero-order valence-corrected chi connectivity index (χ0v) is 23.9. The summed E-state index contributed by atoms with van der Waals surface area (Å²) in [4.78, 5) is 30.8. The molecule has 2 aromatic carbocycles. The highest BCUT2D eigenvalue weighted by Crippen LogP contribution is 2.42. The maximum atomic E-state index is 13.4. The van der Waals surface area contributed by atoms with Crippen LogP contribution in [0, 0.1) is 10.8 Å². The highest BCUT2D eigenvalue weighted by molar-refractivity contribution is 7.90. The molecule has 4 rings (SSSR count). The summed E-state index contributed by atoms with van der Waals surface area (Å²) in [6, 6.07) is 16.9. The molecule has 1 N–H and O–H groups in total. The minimum Gasteiger partial charge on any atom is -0.349 e. The number of likely N-dealkylation sites (tertiary alicyclic amines) is 2. The van der Waals surface area contributed by atoms with E-state index in [1.54, 1.807) is 24.3 Å². The fourth-order valence-corrected chi connectivity index (χ4v) is 6.10. The molecule has 2 aliphatic rings. The molecule has 0 aromatic heterocycles. The Balaban J connectivity index is 1.32. The normalized spacial score (nSPS) is 19.1. The fraction of sp³-hybridized carbons (Fsp3) is 0.533. The average molecular weight is 540 g/mol. The predicted octanol–water partition coefficient (Wildman–Crippen LogP) is 4.20. The fourth-order valence-electron chi connectivity index (χ4n) is 5.47. The Hall–Kier alpha value is -2.71. The van der Waals surface area contributed by atoms with Gasteiger partial charge in [-0.15, -0.1) is 0 Å². The van der Waals surface area contributed by atoms with Crippen molar-refractivity contribution in [2.75, 3.05) is 32.4 Å². The Morgan fingerprint density at radius 3 is 2.16 bits per heavy atom. The number of carbonyl (C=O) groups is 2. The molecule has 2 saturated heterocycles. The molecular weight excluding hydrogens is 498 g/mol. The minimum atomic E-state index is -3.23. The molecule has 38 heavy (non-hydrogen) atoms. The van der Waals surface area contributed by atoms with Crippen LogP contribution in [0.4, 0.5) is 0 Å². The van der Waals surface area contributed by atoms with Crippen molar-refractivity contribution < 1.29 is 18.0 Å². The van der Waals surface area contributed by atoms with E-state index >= 15 is 0 Å². The van der Waals surface area contributed by atoms with Crippen LogP contribution in [0.2, 0.25) is 0 Å². The third kappa shape index (κ3) is 6.64. The molecule has 7 nitrogen and oxygen atoms in total. The molecule has 8 heteroatoms. The van der Waals surface area contributed by atoms with Crippen molar-refractivity contribution in [1.82, 2.24) is 15.1 Å². The summed E-state index contributed by atoms with van der Waals surface area (Å²) in [6.45, 7) is 9.66. The van der Waals surface area contributed by atoms with E-state index in [1.165, 1.54) is 6.26 Å². The topological polar surface area (TPSA) is 86.8 Å². The monoisotopic (exact) mass is 539 g/mol. The zero-order valence-electron chi connectivity index (χ0n) is 23.1. The van der Waals surface area contributed by atoms with Gasteiger partial charge in [0.25, 0.3) is 0 Å². The maximum Gasteiger partial charge on any atom is 0.229 e. The number of nitrogens with zero attached hydrogens (tertiary/aromatic N) is 2. The van der Waals surface area contributed by atoms with Gasteiger partial charge in [-0.25, -0.2) is 8.42 Å². The van der Waals surface area contributed by atoms with Gasteiger partial charge in [0, 0.05) is 31.3 Å². The first-order chi connectivity index (χ1) is 17.9. The van der Waals surface area contributed by atoms with E-state index in [1.807, 2.05) is 43.9 Å². The van der Waals surface area contributed by atoms with E-state index in [2.05, 4.69) is 22.3 Å². The number of rotatable bonds is 8. The molecular formula is C30H41N3O4S. The summed E-state index contributed by atoms with van der Waals surface area (Å²) in [5.74, 6) is 0.274. The largest absolute Gasteiger partial charge is 0.349 e. The first kappa shape index (κ1) is 28.3. The Bertz CT molecular complexity index is 1230. The number of carbonyl (C=O) groups excluding carboxylic acids is 2. The van der Waals surface area contributed by atoms with Crippen LogP contribution < -0.4 is 5.32 Å². The lowest BCUT2D eigenvalue weighted by molar-refractivity contribution is -0.139. The Morgan fingerprint density at radius 1 is 0.974 bits per heavy atom. The van der Waals surface area contributed by atoms with Gasteiger partial charge in [-0.05, 0) is 62.0 Å². The van der Waals surface area contributed by atoms with Crippen molar-refractivity contribution in [1.29, 1.82) is 0 Å².